The van der Waals surface area contributed by atoms with Crippen LogP contribution in [0.1, 0.15) is 12.5 Å². The Hall–Kier alpha value is -1.38. The van der Waals surface area contributed by atoms with Gasteiger partial charge in [0.05, 0.1) is 16.5 Å². The molecule has 116 valence electrons. The third kappa shape index (κ3) is 3.34. The molecule has 1 atom stereocenters. The van der Waals surface area contributed by atoms with E-state index in [-0.39, 0.29) is 4.32 Å². The third-order valence-corrected chi connectivity index (χ3v) is 4.99. The number of benzene rings is 1. The van der Waals surface area contributed by atoms with E-state index in [1.165, 1.54) is 6.92 Å². The molecule has 1 unspecified atom stereocenters. The summed E-state index contributed by atoms with van der Waals surface area (Å²) < 4.78 is 6.16. The summed E-state index contributed by atoms with van der Waals surface area (Å²) in [6.07, 6.45) is 1.68. The molecule has 0 aromatic heterocycles. The highest BCUT2D eigenvalue weighted by molar-refractivity contribution is 9.10. The molecule has 0 saturated carbocycles. The van der Waals surface area contributed by atoms with Crippen LogP contribution in [0.3, 0.4) is 0 Å². The third-order valence-electron chi connectivity index (χ3n) is 3.04. The number of rotatable bonds is 4. The topological polar surface area (TPSA) is 66.8 Å². The lowest BCUT2D eigenvalue weighted by Gasteiger charge is -2.18. The van der Waals surface area contributed by atoms with E-state index in [9.17, 15) is 9.59 Å². The Morgan fingerprint density at radius 3 is 2.77 bits per heavy atom. The minimum Gasteiger partial charge on any atom is -0.496 e. The van der Waals surface area contributed by atoms with Crippen LogP contribution in [0.2, 0.25) is 0 Å². The van der Waals surface area contributed by atoms with Crippen LogP contribution in [0.4, 0.5) is 0 Å². The fraction of sp³-hybridized carbons (Fsp3) is 0.214. The summed E-state index contributed by atoms with van der Waals surface area (Å²) in [4.78, 5) is 24.9. The molecule has 1 aliphatic rings. The number of thioether (sulfide) groups is 1. The van der Waals surface area contributed by atoms with Gasteiger partial charge in [0.25, 0.3) is 5.91 Å². The number of thiocarbonyl (C=S) groups is 1. The molecular weight excluding hydrogens is 390 g/mol. The molecular formula is C14H12BrNO4S2. The molecule has 1 aliphatic heterocycles. The van der Waals surface area contributed by atoms with Gasteiger partial charge in [-0.05, 0) is 46.6 Å². The molecule has 1 N–H and O–H groups in total. The SMILES string of the molecule is COc1ccc(/C=C2/SC(=S)N(C(C)C(=O)O)C2=O)cc1Br. The van der Waals surface area contributed by atoms with Crippen LogP contribution in [0, 0.1) is 0 Å². The monoisotopic (exact) mass is 401 g/mol. The van der Waals surface area contributed by atoms with E-state index in [1.807, 2.05) is 6.07 Å². The minimum atomic E-state index is -1.09. The molecule has 22 heavy (non-hydrogen) atoms. The van der Waals surface area contributed by atoms with Crippen LogP contribution in [0.5, 0.6) is 5.75 Å². The van der Waals surface area contributed by atoms with E-state index in [2.05, 4.69) is 15.9 Å². The fourth-order valence-electron chi connectivity index (χ4n) is 1.85. The van der Waals surface area contributed by atoms with E-state index in [0.29, 0.717) is 10.7 Å². The van der Waals surface area contributed by atoms with Crippen molar-refractivity contribution in [3.63, 3.8) is 0 Å². The number of methoxy groups -OCH3 is 1. The summed E-state index contributed by atoms with van der Waals surface area (Å²) in [6, 6.07) is 4.40. The summed E-state index contributed by atoms with van der Waals surface area (Å²) >= 11 is 9.58. The first-order valence-corrected chi connectivity index (χ1v) is 8.20. The van der Waals surface area contributed by atoms with Gasteiger partial charge in [-0.25, -0.2) is 4.79 Å². The van der Waals surface area contributed by atoms with Gasteiger partial charge >= 0.3 is 5.97 Å². The lowest BCUT2D eigenvalue weighted by atomic mass is 10.2. The van der Waals surface area contributed by atoms with Gasteiger partial charge in [0, 0.05) is 0 Å². The summed E-state index contributed by atoms with van der Waals surface area (Å²) in [7, 11) is 1.57. The average Bonchev–Trinajstić information content (AvgIpc) is 2.73. The summed E-state index contributed by atoms with van der Waals surface area (Å²) in [5.74, 6) is -0.800. The quantitative estimate of drug-likeness (QED) is 0.617. The Balaban J connectivity index is 2.30. The van der Waals surface area contributed by atoms with Crippen molar-refractivity contribution in [2.24, 2.45) is 0 Å². The van der Waals surface area contributed by atoms with Gasteiger partial charge < -0.3 is 9.84 Å². The first-order valence-electron chi connectivity index (χ1n) is 6.18. The molecule has 1 aromatic carbocycles. The number of aliphatic carboxylic acids is 1. The maximum Gasteiger partial charge on any atom is 0.326 e. The van der Waals surface area contributed by atoms with Gasteiger partial charge in [0.15, 0.2) is 0 Å². The number of amides is 1. The molecule has 1 aromatic rings. The van der Waals surface area contributed by atoms with Crippen molar-refractivity contribution in [2.45, 2.75) is 13.0 Å². The van der Waals surface area contributed by atoms with Crippen molar-refractivity contribution in [1.29, 1.82) is 0 Å². The molecule has 0 spiro atoms. The van der Waals surface area contributed by atoms with E-state index in [1.54, 1.807) is 25.3 Å². The Morgan fingerprint density at radius 1 is 1.55 bits per heavy atom. The molecule has 0 aliphatic carbocycles. The molecule has 1 heterocycles. The predicted octanol–water partition coefficient (Wildman–Crippen LogP) is 3.13. The molecule has 8 heteroatoms. The highest BCUT2D eigenvalue weighted by Crippen LogP contribution is 2.35. The van der Waals surface area contributed by atoms with Gasteiger partial charge in [-0.3, -0.25) is 9.69 Å². The van der Waals surface area contributed by atoms with Crippen molar-refractivity contribution in [3.8, 4) is 5.75 Å². The van der Waals surface area contributed by atoms with E-state index in [0.717, 1.165) is 26.7 Å². The number of carboxylic acid groups (broad SMARTS) is 1. The van der Waals surface area contributed by atoms with Crippen LogP contribution in [-0.4, -0.2) is 39.4 Å². The zero-order chi connectivity index (χ0) is 16.4. The van der Waals surface area contributed by atoms with Crippen molar-refractivity contribution >= 4 is 62.2 Å². The second-order valence-electron chi connectivity index (χ2n) is 4.46. The second-order valence-corrected chi connectivity index (χ2v) is 6.99. The Labute approximate surface area is 145 Å². The van der Waals surface area contributed by atoms with E-state index >= 15 is 0 Å². The zero-order valence-electron chi connectivity index (χ0n) is 11.7. The Bertz CT molecular complexity index is 689. The van der Waals surface area contributed by atoms with Gasteiger partial charge in [-0.2, -0.15) is 0 Å². The number of halogens is 1. The molecule has 2 rings (SSSR count). The molecule has 5 nitrogen and oxygen atoms in total. The van der Waals surface area contributed by atoms with Crippen LogP contribution in [-0.2, 0) is 9.59 Å². The highest BCUT2D eigenvalue weighted by Gasteiger charge is 2.38. The zero-order valence-corrected chi connectivity index (χ0v) is 14.9. The second kappa shape index (κ2) is 6.80. The molecule has 1 saturated heterocycles. The van der Waals surface area contributed by atoms with Crippen LogP contribution in [0.25, 0.3) is 6.08 Å². The largest absolute Gasteiger partial charge is 0.496 e. The number of ether oxygens (including phenoxy) is 1. The smallest absolute Gasteiger partial charge is 0.326 e. The standard InChI is InChI=1S/C14H12BrNO4S2/c1-7(13(18)19)16-12(17)11(22-14(16)21)6-8-3-4-10(20-2)9(15)5-8/h3-7H,1-2H3,(H,18,19)/b11-6+. The highest BCUT2D eigenvalue weighted by atomic mass is 79.9. The van der Waals surface area contributed by atoms with Crippen molar-refractivity contribution in [3.05, 3.63) is 33.1 Å². The van der Waals surface area contributed by atoms with E-state index < -0.39 is 17.9 Å². The van der Waals surface area contributed by atoms with Gasteiger partial charge in [-0.1, -0.05) is 30.0 Å². The number of carbonyl (C=O) groups is 2. The Kier molecular flexibility index (Phi) is 5.25. The van der Waals surface area contributed by atoms with E-state index in [4.69, 9.17) is 22.1 Å². The lowest BCUT2D eigenvalue weighted by molar-refractivity contribution is -0.144. The number of hydrogen-bond acceptors (Lipinski definition) is 5. The van der Waals surface area contributed by atoms with Crippen molar-refractivity contribution in [2.75, 3.05) is 7.11 Å². The maximum atomic E-state index is 12.3. The molecule has 1 fully saturated rings. The molecule has 1 amide bonds. The van der Waals surface area contributed by atoms with Crippen LogP contribution < -0.4 is 4.74 Å². The normalized spacial score (nSPS) is 18.0. The van der Waals surface area contributed by atoms with Crippen LogP contribution in [0.15, 0.2) is 27.6 Å². The van der Waals surface area contributed by atoms with Gasteiger partial charge in [0.1, 0.15) is 16.1 Å². The number of carbonyl (C=O) groups excluding carboxylic acids is 1. The Morgan fingerprint density at radius 2 is 2.23 bits per heavy atom. The summed E-state index contributed by atoms with van der Waals surface area (Å²) in [5, 5.41) is 9.05. The summed E-state index contributed by atoms with van der Waals surface area (Å²) in [6.45, 7) is 1.43. The fourth-order valence-corrected chi connectivity index (χ4v) is 3.82. The summed E-state index contributed by atoms with van der Waals surface area (Å²) in [5.41, 5.74) is 0.788. The predicted molar refractivity (Wildman–Crippen MR) is 92.8 cm³/mol. The number of carboxylic acids is 1. The van der Waals surface area contributed by atoms with Crippen molar-refractivity contribution < 1.29 is 19.4 Å². The molecule has 0 bridgehead atoms. The minimum absolute atomic E-state index is 0.249. The molecule has 0 radical (unpaired) electrons. The van der Waals surface area contributed by atoms with Gasteiger partial charge in [-0.15, -0.1) is 0 Å². The first kappa shape index (κ1) is 17.0. The van der Waals surface area contributed by atoms with Crippen LogP contribution >= 0.6 is 39.9 Å². The average molecular weight is 402 g/mol. The van der Waals surface area contributed by atoms with Crippen molar-refractivity contribution in [1.82, 2.24) is 4.90 Å². The first-order chi connectivity index (χ1) is 10.3. The van der Waals surface area contributed by atoms with Gasteiger partial charge in [0.2, 0.25) is 0 Å². The number of nitrogens with zero attached hydrogens (tertiary/aromatic N) is 1. The number of hydrogen-bond donors (Lipinski definition) is 1. The maximum absolute atomic E-state index is 12.3. The lowest BCUT2D eigenvalue weighted by Crippen LogP contribution is -2.41.